The number of ether oxygens (including phenoxy) is 2. The third kappa shape index (κ3) is 6.81. The predicted molar refractivity (Wildman–Crippen MR) is 114 cm³/mol. The Labute approximate surface area is 165 Å². The highest BCUT2D eigenvalue weighted by molar-refractivity contribution is 7.17. The molecule has 0 aliphatic heterocycles. The highest BCUT2D eigenvalue weighted by Gasteiger charge is 2.22. The lowest BCUT2D eigenvalue weighted by atomic mass is 10.1. The fraction of sp³-hybridized carbons (Fsp3) is 0.286. The van der Waals surface area contributed by atoms with Crippen LogP contribution in [0.25, 0.3) is 0 Å². The quantitative estimate of drug-likeness (QED) is 0.467. The number of nitrogen functional groups attached to an aromatic ring is 1. The Morgan fingerprint density at radius 3 is 2.41 bits per heavy atom. The minimum atomic E-state index is -0.218. The number of allylic oxidation sites excluding steroid dienone is 2. The van der Waals surface area contributed by atoms with E-state index in [0.717, 1.165) is 15.6 Å². The zero-order valence-electron chi connectivity index (χ0n) is 16.2. The molecule has 0 amide bonds. The first kappa shape index (κ1) is 22.3. The fourth-order valence-electron chi connectivity index (χ4n) is 2.14. The van der Waals surface area contributed by atoms with Crippen molar-refractivity contribution >= 4 is 27.7 Å². The van der Waals surface area contributed by atoms with Gasteiger partial charge in [-0.1, -0.05) is 30.4 Å². The number of nitrogens with zero attached hydrogens (tertiary/aromatic N) is 1. The molecule has 0 aliphatic rings. The van der Waals surface area contributed by atoms with Crippen LogP contribution in [-0.2, 0) is 9.47 Å². The zero-order chi connectivity index (χ0) is 20.1. The predicted octanol–water partition coefficient (Wildman–Crippen LogP) is 5.77. The van der Waals surface area contributed by atoms with Gasteiger partial charge in [0.15, 0.2) is 0 Å². The van der Waals surface area contributed by atoms with Gasteiger partial charge in [0.2, 0.25) is 0 Å². The van der Waals surface area contributed by atoms with E-state index in [9.17, 15) is 5.26 Å². The van der Waals surface area contributed by atoms with Gasteiger partial charge in [0, 0.05) is 12.8 Å². The van der Waals surface area contributed by atoms with Gasteiger partial charge in [-0.2, -0.15) is 5.26 Å². The summed E-state index contributed by atoms with van der Waals surface area (Å²) in [5, 5.41) is 13.4. The zero-order valence-corrected chi connectivity index (χ0v) is 17.0. The van der Waals surface area contributed by atoms with Crippen LogP contribution in [-0.4, -0.2) is 14.2 Å². The lowest BCUT2D eigenvalue weighted by Crippen LogP contribution is -2.01. The maximum Gasteiger partial charge on any atom is 0.113 e. The molecular weight excluding hydrogens is 358 g/mol. The first-order chi connectivity index (χ1) is 13.1. The molecule has 0 fully saturated rings. The number of nitriles is 1. The van der Waals surface area contributed by atoms with Crippen molar-refractivity contribution in [1.29, 1.82) is 5.26 Å². The molecule has 6 heteroatoms. The van der Waals surface area contributed by atoms with Crippen LogP contribution in [0, 0.1) is 11.3 Å². The van der Waals surface area contributed by atoms with Gasteiger partial charge in [0.1, 0.15) is 16.6 Å². The van der Waals surface area contributed by atoms with Gasteiger partial charge in [-0.05, 0) is 38.5 Å². The minimum absolute atomic E-state index is 0.218. The van der Waals surface area contributed by atoms with Gasteiger partial charge in [-0.15, -0.1) is 11.3 Å². The van der Waals surface area contributed by atoms with Crippen LogP contribution in [0.3, 0.4) is 0 Å². The van der Waals surface area contributed by atoms with Crippen molar-refractivity contribution in [3.05, 3.63) is 65.3 Å². The molecule has 2 rings (SSSR count). The Bertz CT molecular complexity index is 773. The van der Waals surface area contributed by atoms with Crippen LogP contribution in [0.15, 0.2) is 54.8 Å². The fourth-order valence-corrected chi connectivity index (χ4v) is 3.32. The summed E-state index contributed by atoms with van der Waals surface area (Å²) in [6.45, 7) is 4.00. The van der Waals surface area contributed by atoms with Gasteiger partial charge in [0.05, 0.1) is 30.0 Å². The largest absolute Gasteiger partial charge is 0.505 e. The normalized spacial score (nSPS) is 11.7. The second-order valence-electron chi connectivity index (χ2n) is 5.42. The average Bonchev–Trinajstić information content (AvgIpc) is 3.01. The molecule has 1 atom stereocenters. The van der Waals surface area contributed by atoms with Crippen molar-refractivity contribution < 1.29 is 9.47 Å². The molecule has 2 aromatic rings. The standard InChI is InChI=1S/C17H19N3O2S.C4H8/c1-21-10-6-9-14(22-2)16-15(19)13(11-18)17(23-16)20-12-7-4-3-5-8-12;1-3-4-2/h3-8,10,14,20H,9,19H2,1-2H3;3-4H,1-2H3/b10-6+;4-3-. The molecular formula is C21H27N3O2S. The summed E-state index contributed by atoms with van der Waals surface area (Å²) >= 11 is 1.44. The number of nitrogens with two attached hydrogens (primary N) is 1. The summed E-state index contributed by atoms with van der Waals surface area (Å²) < 4.78 is 10.4. The maximum absolute atomic E-state index is 9.42. The molecule has 144 valence electrons. The molecule has 0 radical (unpaired) electrons. The van der Waals surface area contributed by atoms with E-state index < -0.39 is 0 Å². The third-order valence-electron chi connectivity index (χ3n) is 3.61. The molecule has 1 aromatic carbocycles. The summed E-state index contributed by atoms with van der Waals surface area (Å²) in [6, 6.07) is 11.8. The summed E-state index contributed by atoms with van der Waals surface area (Å²) in [4.78, 5) is 0.836. The monoisotopic (exact) mass is 385 g/mol. The Kier molecular flexibility index (Phi) is 10.4. The molecule has 0 bridgehead atoms. The number of benzene rings is 1. The van der Waals surface area contributed by atoms with E-state index >= 15 is 0 Å². The summed E-state index contributed by atoms with van der Waals surface area (Å²) in [5.74, 6) is 0. The second kappa shape index (κ2) is 12.6. The summed E-state index contributed by atoms with van der Waals surface area (Å²) in [5.41, 5.74) is 7.99. The van der Waals surface area contributed by atoms with Crippen LogP contribution in [0.5, 0.6) is 0 Å². The van der Waals surface area contributed by atoms with Crippen molar-refractivity contribution in [3.8, 4) is 6.07 Å². The van der Waals surface area contributed by atoms with Crippen LogP contribution in [0.1, 0.15) is 36.8 Å². The number of hydrogen-bond acceptors (Lipinski definition) is 6. The van der Waals surface area contributed by atoms with Crippen LogP contribution in [0.2, 0.25) is 0 Å². The summed E-state index contributed by atoms with van der Waals surface area (Å²) in [7, 11) is 3.22. The van der Waals surface area contributed by atoms with Crippen molar-refractivity contribution in [2.75, 3.05) is 25.3 Å². The Hall–Kier alpha value is -2.75. The molecule has 27 heavy (non-hydrogen) atoms. The average molecular weight is 386 g/mol. The van der Waals surface area contributed by atoms with Crippen molar-refractivity contribution in [1.82, 2.24) is 0 Å². The molecule has 0 spiro atoms. The lowest BCUT2D eigenvalue weighted by Gasteiger charge is -2.12. The van der Waals surface area contributed by atoms with Gasteiger partial charge in [0.25, 0.3) is 0 Å². The van der Waals surface area contributed by atoms with Gasteiger partial charge in [-0.3, -0.25) is 0 Å². The van der Waals surface area contributed by atoms with Crippen molar-refractivity contribution in [3.63, 3.8) is 0 Å². The first-order valence-corrected chi connectivity index (χ1v) is 9.36. The van der Waals surface area contributed by atoms with Gasteiger partial charge in [-0.25, -0.2) is 0 Å². The van der Waals surface area contributed by atoms with Crippen LogP contribution < -0.4 is 11.1 Å². The number of nitrogens with one attached hydrogen (secondary N) is 1. The van der Waals surface area contributed by atoms with E-state index in [2.05, 4.69) is 11.4 Å². The maximum atomic E-state index is 9.42. The number of methoxy groups -OCH3 is 2. The molecule has 1 heterocycles. The molecule has 5 nitrogen and oxygen atoms in total. The third-order valence-corrected chi connectivity index (χ3v) is 4.82. The van der Waals surface area contributed by atoms with E-state index in [1.807, 2.05) is 62.4 Å². The molecule has 1 unspecified atom stereocenters. The Balaban J connectivity index is 0.000000828. The van der Waals surface area contributed by atoms with Crippen molar-refractivity contribution in [2.45, 2.75) is 26.4 Å². The van der Waals surface area contributed by atoms with E-state index in [-0.39, 0.29) is 6.10 Å². The molecule has 0 saturated heterocycles. The van der Waals surface area contributed by atoms with Gasteiger partial charge >= 0.3 is 0 Å². The highest BCUT2D eigenvalue weighted by Crippen LogP contribution is 2.42. The molecule has 0 aliphatic carbocycles. The second-order valence-corrected chi connectivity index (χ2v) is 6.47. The van der Waals surface area contributed by atoms with E-state index in [1.54, 1.807) is 20.5 Å². The first-order valence-electron chi connectivity index (χ1n) is 8.55. The van der Waals surface area contributed by atoms with Crippen LogP contribution >= 0.6 is 11.3 Å². The molecule has 3 N–H and O–H groups in total. The van der Waals surface area contributed by atoms with E-state index in [0.29, 0.717) is 17.7 Å². The molecule has 0 saturated carbocycles. The Morgan fingerprint density at radius 1 is 1.22 bits per heavy atom. The molecule has 1 aromatic heterocycles. The highest BCUT2D eigenvalue weighted by atomic mass is 32.1. The topological polar surface area (TPSA) is 80.3 Å². The minimum Gasteiger partial charge on any atom is -0.505 e. The van der Waals surface area contributed by atoms with Gasteiger partial charge < -0.3 is 20.5 Å². The number of anilines is 3. The number of para-hydroxylation sites is 1. The van der Waals surface area contributed by atoms with E-state index in [4.69, 9.17) is 15.2 Å². The SMILES string of the molecule is C/C=C\C.CO/C=C/CC(OC)c1sc(Nc2ccccc2)c(C#N)c1N. The number of hydrogen-bond donors (Lipinski definition) is 2. The van der Waals surface area contributed by atoms with Crippen LogP contribution in [0.4, 0.5) is 16.4 Å². The Morgan fingerprint density at radius 2 is 1.89 bits per heavy atom. The van der Waals surface area contributed by atoms with Crippen molar-refractivity contribution in [2.24, 2.45) is 0 Å². The van der Waals surface area contributed by atoms with E-state index in [1.165, 1.54) is 11.3 Å². The lowest BCUT2D eigenvalue weighted by molar-refractivity contribution is 0.109. The summed E-state index contributed by atoms with van der Waals surface area (Å²) in [6.07, 6.45) is 7.86. The number of rotatable bonds is 7. The number of thiophene rings is 1. The smallest absolute Gasteiger partial charge is 0.113 e.